The van der Waals surface area contributed by atoms with E-state index in [1.54, 1.807) is 0 Å². The van der Waals surface area contributed by atoms with E-state index >= 15 is 0 Å². The summed E-state index contributed by atoms with van der Waals surface area (Å²) in [5.41, 5.74) is 5.84. The normalized spacial score (nSPS) is 26.5. The number of allylic oxidation sites excluding steroid dienone is 1. The second-order valence-electron chi connectivity index (χ2n) is 4.55. The van der Waals surface area contributed by atoms with E-state index in [0.29, 0.717) is 12.1 Å². The molecule has 0 heterocycles. The molecule has 1 rings (SSSR count). The molecular formula is C13H25NO. The van der Waals surface area contributed by atoms with Crippen molar-refractivity contribution in [1.29, 1.82) is 0 Å². The Kier molecular flexibility index (Phi) is 6.69. The first-order valence-electron chi connectivity index (χ1n) is 6.31. The molecular weight excluding hydrogens is 186 g/mol. The van der Waals surface area contributed by atoms with Crippen LogP contribution in [0.5, 0.6) is 0 Å². The Hall–Kier alpha value is -0.340. The summed E-state index contributed by atoms with van der Waals surface area (Å²) in [5, 5.41) is 0. The summed E-state index contributed by atoms with van der Waals surface area (Å²) in [6.07, 6.45) is 11.9. The lowest BCUT2D eigenvalue weighted by Gasteiger charge is -2.26. The van der Waals surface area contributed by atoms with Crippen LogP contribution in [0.2, 0.25) is 0 Å². The largest absolute Gasteiger partial charge is 0.378 e. The van der Waals surface area contributed by atoms with Gasteiger partial charge in [0, 0.05) is 12.6 Å². The summed E-state index contributed by atoms with van der Waals surface area (Å²) in [7, 11) is 0. The number of hydrogen-bond donors (Lipinski definition) is 1. The number of hydrogen-bond acceptors (Lipinski definition) is 2. The molecule has 0 aromatic carbocycles. The molecule has 0 aromatic heterocycles. The predicted molar refractivity (Wildman–Crippen MR) is 64.8 cm³/mol. The van der Waals surface area contributed by atoms with Crippen LogP contribution in [-0.4, -0.2) is 18.8 Å². The molecule has 1 fully saturated rings. The van der Waals surface area contributed by atoms with Crippen LogP contribution in [0.4, 0.5) is 0 Å². The maximum absolute atomic E-state index is 5.84. The van der Waals surface area contributed by atoms with Gasteiger partial charge in [0.1, 0.15) is 0 Å². The van der Waals surface area contributed by atoms with Gasteiger partial charge in [-0.1, -0.05) is 12.5 Å². The lowest BCUT2D eigenvalue weighted by atomic mass is 9.94. The number of rotatable bonds is 7. The summed E-state index contributed by atoms with van der Waals surface area (Å²) >= 11 is 0. The van der Waals surface area contributed by atoms with Gasteiger partial charge in [0.15, 0.2) is 0 Å². The van der Waals surface area contributed by atoms with Crippen LogP contribution >= 0.6 is 0 Å². The molecule has 0 bridgehead atoms. The standard InChI is InChI=1S/C13H25NO/c1-2-3-4-5-6-11-15-13-9-7-12(14)8-10-13/h2,12-13H,1,3-11,14H2. The topological polar surface area (TPSA) is 35.2 Å². The minimum Gasteiger partial charge on any atom is -0.378 e. The van der Waals surface area contributed by atoms with E-state index in [9.17, 15) is 0 Å². The molecule has 2 nitrogen and oxygen atoms in total. The number of unbranched alkanes of at least 4 members (excludes halogenated alkanes) is 3. The van der Waals surface area contributed by atoms with Crippen molar-refractivity contribution < 1.29 is 4.74 Å². The zero-order valence-corrected chi connectivity index (χ0v) is 9.79. The van der Waals surface area contributed by atoms with Gasteiger partial charge in [-0.25, -0.2) is 0 Å². The Labute approximate surface area is 93.9 Å². The number of ether oxygens (including phenoxy) is 1. The minimum absolute atomic E-state index is 0.428. The molecule has 0 unspecified atom stereocenters. The van der Waals surface area contributed by atoms with Crippen LogP contribution in [0, 0.1) is 0 Å². The Balaban J connectivity index is 1.89. The highest BCUT2D eigenvalue weighted by Crippen LogP contribution is 2.20. The second kappa shape index (κ2) is 7.89. The first-order valence-corrected chi connectivity index (χ1v) is 6.31. The Morgan fingerprint density at radius 3 is 2.53 bits per heavy atom. The van der Waals surface area contributed by atoms with Gasteiger partial charge < -0.3 is 10.5 Å². The average molecular weight is 211 g/mol. The van der Waals surface area contributed by atoms with Crippen molar-refractivity contribution in [2.24, 2.45) is 5.73 Å². The fourth-order valence-electron chi connectivity index (χ4n) is 2.07. The van der Waals surface area contributed by atoms with Gasteiger partial charge in [0.05, 0.1) is 6.10 Å². The number of nitrogens with two attached hydrogens (primary N) is 1. The molecule has 15 heavy (non-hydrogen) atoms. The zero-order chi connectivity index (χ0) is 10.9. The minimum atomic E-state index is 0.428. The first kappa shape index (κ1) is 12.7. The van der Waals surface area contributed by atoms with Gasteiger partial charge in [0.25, 0.3) is 0 Å². The molecule has 0 radical (unpaired) electrons. The maximum Gasteiger partial charge on any atom is 0.0576 e. The fourth-order valence-corrected chi connectivity index (χ4v) is 2.07. The van der Waals surface area contributed by atoms with Crippen LogP contribution in [0.1, 0.15) is 51.4 Å². The van der Waals surface area contributed by atoms with E-state index in [-0.39, 0.29) is 0 Å². The van der Waals surface area contributed by atoms with Gasteiger partial charge in [0.2, 0.25) is 0 Å². The van der Waals surface area contributed by atoms with E-state index in [4.69, 9.17) is 10.5 Å². The maximum atomic E-state index is 5.84. The van der Waals surface area contributed by atoms with Crippen molar-refractivity contribution in [2.45, 2.75) is 63.5 Å². The smallest absolute Gasteiger partial charge is 0.0576 e. The van der Waals surface area contributed by atoms with Crippen LogP contribution in [0.25, 0.3) is 0 Å². The average Bonchev–Trinajstić information content (AvgIpc) is 2.26. The Morgan fingerprint density at radius 1 is 1.13 bits per heavy atom. The van der Waals surface area contributed by atoms with E-state index in [2.05, 4.69) is 6.58 Å². The van der Waals surface area contributed by atoms with Crippen LogP contribution in [-0.2, 0) is 4.74 Å². The quantitative estimate of drug-likeness (QED) is 0.519. The molecule has 0 aromatic rings. The molecule has 88 valence electrons. The lowest BCUT2D eigenvalue weighted by molar-refractivity contribution is 0.0231. The van der Waals surface area contributed by atoms with Crippen molar-refractivity contribution in [3.05, 3.63) is 12.7 Å². The molecule has 2 N–H and O–H groups in total. The summed E-state index contributed by atoms with van der Waals surface area (Å²) in [6.45, 7) is 4.64. The molecule has 0 amide bonds. The van der Waals surface area contributed by atoms with Gasteiger partial charge in [-0.2, -0.15) is 0 Å². The third-order valence-corrected chi connectivity index (χ3v) is 3.13. The third-order valence-electron chi connectivity index (χ3n) is 3.13. The van der Waals surface area contributed by atoms with Crippen LogP contribution < -0.4 is 5.73 Å². The van der Waals surface area contributed by atoms with Crippen molar-refractivity contribution in [1.82, 2.24) is 0 Å². The molecule has 0 aliphatic heterocycles. The predicted octanol–water partition coefficient (Wildman–Crippen LogP) is 3.02. The van der Waals surface area contributed by atoms with E-state index < -0.39 is 0 Å². The lowest BCUT2D eigenvalue weighted by Crippen LogP contribution is -2.30. The van der Waals surface area contributed by atoms with E-state index in [1.807, 2.05) is 6.08 Å². The van der Waals surface area contributed by atoms with Gasteiger partial charge >= 0.3 is 0 Å². The van der Waals surface area contributed by atoms with Crippen molar-refractivity contribution in [2.75, 3.05) is 6.61 Å². The summed E-state index contributed by atoms with van der Waals surface area (Å²) < 4.78 is 5.83. The zero-order valence-electron chi connectivity index (χ0n) is 9.79. The van der Waals surface area contributed by atoms with Gasteiger partial charge in [-0.3, -0.25) is 0 Å². The molecule has 1 aliphatic carbocycles. The summed E-state index contributed by atoms with van der Waals surface area (Å²) in [4.78, 5) is 0. The van der Waals surface area contributed by atoms with E-state index in [0.717, 1.165) is 38.7 Å². The van der Waals surface area contributed by atoms with Crippen LogP contribution in [0.15, 0.2) is 12.7 Å². The fraction of sp³-hybridized carbons (Fsp3) is 0.846. The molecule has 1 saturated carbocycles. The monoisotopic (exact) mass is 211 g/mol. The Morgan fingerprint density at radius 2 is 1.87 bits per heavy atom. The molecule has 1 aliphatic rings. The molecule has 0 spiro atoms. The van der Waals surface area contributed by atoms with Gasteiger partial charge in [-0.05, 0) is 44.9 Å². The molecule has 0 saturated heterocycles. The summed E-state index contributed by atoms with van der Waals surface area (Å²) in [6, 6.07) is 0.428. The van der Waals surface area contributed by atoms with Crippen molar-refractivity contribution >= 4 is 0 Å². The first-order chi connectivity index (χ1) is 7.33. The Bertz CT molecular complexity index is 162. The third kappa shape index (κ3) is 5.95. The van der Waals surface area contributed by atoms with Crippen molar-refractivity contribution in [3.63, 3.8) is 0 Å². The summed E-state index contributed by atoms with van der Waals surface area (Å²) in [5.74, 6) is 0. The SMILES string of the molecule is C=CCCCCCOC1CCC(N)CC1. The molecule has 2 heteroatoms. The molecule has 0 atom stereocenters. The van der Waals surface area contributed by atoms with Crippen LogP contribution in [0.3, 0.4) is 0 Å². The highest BCUT2D eigenvalue weighted by Gasteiger charge is 2.18. The van der Waals surface area contributed by atoms with Crippen molar-refractivity contribution in [3.8, 4) is 0 Å². The second-order valence-corrected chi connectivity index (χ2v) is 4.55. The van der Waals surface area contributed by atoms with E-state index in [1.165, 1.54) is 19.3 Å². The highest BCUT2D eigenvalue weighted by atomic mass is 16.5. The van der Waals surface area contributed by atoms with Gasteiger partial charge in [-0.15, -0.1) is 6.58 Å². The highest BCUT2D eigenvalue weighted by molar-refractivity contribution is 4.74.